The third kappa shape index (κ3) is 6.58. The van der Waals surface area contributed by atoms with Gasteiger partial charge in [0.25, 0.3) is 5.91 Å². The monoisotopic (exact) mass is 670 g/mol. The predicted molar refractivity (Wildman–Crippen MR) is 162 cm³/mol. The number of alkyl halides is 3. The second kappa shape index (κ2) is 12.7. The smallest absolute Gasteiger partial charge is 0.401 e. The van der Waals surface area contributed by atoms with Crippen LogP contribution >= 0.6 is 0 Å². The zero-order valence-electron chi connectivity index (χ0n) is 26.1. The van der Waals surface area contributed by atoms with Gasteiger partial charge in [-0.3, -0.25) is 29.5 Å². The Hall–Kier alpha value is -4.21. The topological polar surface area (TPSA) is 117 Å². The molecule has 15 heteroatoms. The van der Waals surface area contributed by atoms with Crippen LogP contribution in [0.1, 0.15) is 46.1 Å². The Labute approximate surface area is 273 Å². The number of methoxy groups -OCH3 is 1. The molecule has 11 nitrogen and oxygen atoms in total. The summed E-state index contributed by atoms with van der Waals surface area (Å²) in [5.74, 6) is -0.909. The van der Waals surface area contributed by atoms with E-state index in [9.17, 15) is 27.6 Å². The largest absolute Gasteiger partial charge is 0.489 e. The lowest BCUT2D eigenvalue weighted by Gasteiger charge is -2.38. The van der Waals surface area contributed by atoms with Crippen LogP contribution in [-0.2, 0) is 27.4 Å². The summed E-state index contributed by atoms with van der Waals surface area (Å²) in [6, 6.07) is 7.81. The number of hydrogen-bond donors (Lipinski definition) is 1. The van der Waals surface area contributed by atoms with Gasteiger partial charge < -0.3 is 14.4 Å². The molecule has 0 aliphatic carbocycles. The summed E-state index contributed by atoms with van der Waals surface area (Å²) in [5, 5.41) is 2.82. The lowest BCUT2D eigenvalue weighted by atomic mass is 9.99. The van der Waals surface area contributed by atoms with Crippen molar-refractivity contribution in [3.8, 4) is 5.75 Å². The molecule has 3 atom stereocenters. The van der Waals surface area contributed by atoms with Gasteiger partial charge in [-0.2, -0.15) is 13.2 Å². The van der Waals surface area contributed by atoms with Crippen molar-refractivity contribution >= 4 is 28.6 Å². The minimum atomic E-state index is -4.27. The number of nitrogens with zero attached hydrogens (tertiary/aromatic N) is 5. The maximum atomic E-state index is 15.3. The van der Waals surface area contributed by atoms with Crippen LogP contribution in [0.15, 0.2) is 36.5 Å². The number of carbonyl (C=O) groups excluding carboxylic acids is 3. The molecule has 3 saturated heterocycles. The zero-order valence-corrected chi connectivity index (χ0v) is 26.1. The number of hydrogen-bond acceptors (Lipinski definition) is 9. The van der Waals surface area contributed by atoms with E-state index in [2.05, 4.69) is 20.2 Å². The predicted octanol–water partition coefficient (Wildman–Crippen LogP) is 3.02. The Bertz CT molecular complexity index is 1770. The van der Waals surface area contributed by atoms with E-state index in [1.807, 2.05) is 12.1 Å². The van der Waals surface area contributed by atoms with Crippen LogP contribution in [0.4, 0.5) is 17.6 Å². The van der Waals surface area contributed by atoms with Crippen molar-refractivity contribution in [2.75, 3.05) is 46.4 Å². The van der Waals surface area contributed by atoms with Crippen molar-refractivity contribution in [3.05, 3.63) is 64.9 Å². The molecule has 3 aromatic rings. The lowest BCUT2D eigenvalue weighted by Crippen LogP contribution is -2.52. The highest BCUT2D eigenvalue weighted by Gasteiger charge is 2.41. The van der Waals surface area contributed by atoms with E-state index in [4.69, 9.17) is 9.47 Å². The molecule has 1 aromatic heterocycles. The Morgan fingerprint density at radius 3 is 2.60 bits per heavy atom. The number of likely N-dealkylation sites (tertiary alicyclic amines) is 2. The number of carbonyl (C=O) groups is 3. The van der Waals surface area contributed by atoms with Crippen molar-refractivity contribution in [2.24, 2.45) is 5.92 Å². The first-order valence-electron chi connectivity index (χ1n) is 15.8. The molecule has 3 amide bonds. The molecule has 0 bridgehead atoms. The minimum absolute atomic E-state index is 0.0143. The highest BCUT2D eigenvalue weighted by molar-refractivity contribution is 6.05. The summed E-state index contributed by atoms with van der Waals surface area (Å²) in [4.78, 5) is 50.7. The van der Waals surface area contributed by atoms with Crippen LogP contribution in [-0.4, -0.2) is 107 Å². The molecule has 0 spiro atoms. The summed E-state index contributed by atoms with van der Waals surface area (Å²) in [5.41, 5.74) is 2.11. The van der Waals surface area contributed by atoms with Crippen molar-refractivity contribution in [3.63, 3.8) is 0 Å². The number of fused-ring (bicyclic) bond motifs is 2. The fourth-order valence-electron chi connectivity index (χ4n) is 7.20. The van der Waals surface area contributed by atoms with Gasteiger partial charge >= 0.3 is 6.18 Å². The molecule has 7 rings (SSSR count). The quantitative estimate of drug-likeness (QED) is 0.271. The summed E-state index contributed by atoms with van der Waals surface area (Å²) in [6.45, 7) is 1.66. The molecule has 2 aromatic carbocycles. The van der Waals surface area contributed by atoms with E-state index in [-0.39, 0.29) is 67.7 Å². The van der Waals surface area contributed by atoms with Gasteiger partial charge in [0.15, 0.2) is 0 Å². The van der Waals surface area contributed by atoms with E-state index < -0.39 is 30.5 Å². The number of benzene rings is 2. The molecule has 1 N–H and O–H groups in total. The highest BCUT2D eigenvalue weighted by Crippen LogP contribution is 2.33. The van der Waals surface area contributed by atoms with Gasteiger partial charge in [-0.05, 0) is 47.9 Å². The first kappa shape index (κ1) is 32.3. The molecule has 254 valence electrons. The second-order valence-corrected chi connectivity index (χ2v) is 13.0. The van der Waals surface area contributed by atoms with Crippen molar-refractivity contribution in [1.29, 1.82) is 0 Å². The fourth-order valence-corrected chi connectivity index (χ4v) is 7.20. The number of aromatic nitrogens is 2. The summed E-state index contributed by atoms with van der Waals surface area (Å²) in [7, 11) is 1.62. The first-order valence-corrected chi connectivity index (χ1v) is 15.8. The number of nitrogens with one attached hydrogen (secondary N) is 1. The Kier molecular flexibility index (Phi) is 8.54. The summed E-state index contributed by atoms with van der Waals surface area (Å²) >= 11 is 0. The van der Waals surface area contributed by atoms with Crippen LogP contribution in [0, 0.1) is 11.7 Å². The average Bonchev–Trinajstić information content (AvgIpc) is 3.53. The number of amides is 3. The van der Waals surface area contributed by atoms with E-state index in [0.717, 1.165) is 11.1 Å². The molecule has 0 unspecified atom stereocenters. The lowest BCUT2D eigenvalue weighted by molar-refractivity contribution is -0.155. The Morgan fingerprint density at radius 1 is 1.04 bits per heavy atom. The number of rotatable bonds is 9. The summed E-state index contributed by atoms with van der Waals surface area (Å²) in [6.07, 6.45) is -2.52. The van der Waals surface area contributed by atoms with Gasteiger partial charge in [0.1, 0.15) is 35.1 Å². The zero-order chi connectivity index (χ0) is 33.7. The number of piperidine rings is 1. The third-order valence-electron chi connectivity index (χ3n) is 9.47. The van der Waals surface area contributed by atoms with E-state index in [0.29, 0.717) is 48.8 Å². The number of imide groups is 1. The van der Waals surface area contributed by atoms with Crippen LogP contribution in [0.2, 0.25) is 0 Å². The molecule has 4 aliphatic rings. The van der Waals surface area contributed by atoms with E-state index in [1.54, 1.807) is 19.2 Å². The first-order chi connectivity index (χ1) is 22.9. The maximum Gasteiger partial charge on any atom is 0.401 e. The van der Waals surface area contributed by atoms with Gasteiger partial charge in [0, 0.05) is 81.8 Å². The van der Waals surface area contributed by atoms with Gasteiger partial charge in [-0.1, -0.05) is 0 Å². The molecular formula is C33H34F4N6O5. The number of ether oxygens (including phenoxy) is 2. The fraction of sp³-hybridized carbons (Fsp3) is 0.485. The average molecular weight is 671 g/mol. The third-order valence-corrected chi connectivity index (χ3v) is 9.47. The molecular weight excluding hydrogens is 636 g/mol. The molecule has 4 aliphatic heterocycles. The molecule has 0 radical (unpaired) electrons. The van der Waals surface area contributed by atoms with Crippen LogP contribution in [0.25, 0.3) is 10.9 Å². The highest BCUT2D eigenvalue weighted by atomic mass is 19.4. The minimum Gasteiger partial charge on any atom is -0.489 e. The van der Waals surface area contributed by atoms with Gasteiger partial charge in [0.05, 0.1) is 13.2 Å². The summed E-state index contributed by atoms with van der Waals surface area (Å²) < 4.78 is 65.2. The molecule has 48 heavy (non-hydrogen) atoms. The molecule has 0 saturated carbocycles. The van der Waals surface area contributed by atoms with Gasteiger partial charge in [0.2, 0.25) is 11.8 Å². The molecule has 5 heterocycles. The van der Waals surface area contributed by atoms with Crippen LogP contribution in [0.3, 0.4) is 0 Å². The van der Waals surface area contributed by atoms with E-state index >= 15 is 4.39 Å². The van der Waals surface area contributed by atoms with Gasteiger partial charge in [-0.25, -0.2) is 14.4 Å². The van der Waals surface area contributed by atoms with Crippen molar-refractivity contribution in [2.45, 2.75) is 50.2 Å². The second-order valence-electron chi connectivity index (χ2n) is 13.0. The standard InChI is InChI=1S/C33H34F4N6O5/c1-47-16-22-13-41(10-18-6-19-9-38-30(40-29(19)25(34)7-18)21-11-42(12-21)17-33(35,36)37)15-27(22)48-23-2-3-24-20(8-23)14-43(32(24)46)26-4-5-28(44)39-31(26)45/h2-3,6-9,21-22,26-27H,4-5,10-17H2,1H3,(H,39,44,45)/t22-,26-,27+/m0/s1. The van der Waals surface area contributed by atoms with Crippen LogP contribution in [0.5, 0.6) is 5.75 Å². The SMILES string of the molecule is COC[C@@H]1CN(Cc2cc(F)c3nc(C4CN(CC(F)(F)F)C4)ncc3c2)C[C@H]1Oc1ccc2c(c1)CN([C@H]1CCC(=O)NC1=O)C2=O. The van der Waals surface area contributed by atoms with Crippen molar-refractivity contribution in [1.82, 2.24) is 30.0 Å². The Morgan fingerprint density at radius 2 is 1.85 bits per heavy atom. The Balaban J connectivity index is 0.999. The van der Waals surface area contributed by atoms with Crippen LogP contribution < -0.4 is 10.1 Å². The van der Waals surface area contributed by atoms with Gasteiger partial charge in [-0.15, -0.1) is 0 Å². The normalized spacial score (nSPS) is 23.9. The number of halogens is 4. The molecule has 3 fully saturated rings. The van der Waals surface area contributed by atoms with E-state index in [1.165, 1.54) is 22.1 Å². The van der Waals surface area contributed by atoms with Crippen molar-refractivity contribution < 1.29 is 41.4 Å². The maximum absolute atomic E-state index is 15.3.